The summed E-state index contributed by atoms with van der Waals surface area (Å²) in [5, 5.41) is 8.13. The van der Waals surface area contributed by atoms with Gasteiger partial charge in [-0.05, 0) is 12.8 Å². The topological polar surface area (TPSA) is 37.3 Å². The third-order valence-corrected chi connectivity index (χ3v) is 3.20. The molecule has 0 aliphatic heterocycles. The molecule has 0 aromatic carbocycles. The Morgan fingerprint density at radius 1 is 0.640 bits per heavy atom. The molecule has 0 aromatic heterocycles. The number of aliphatic carboxylic acids is 1. The molecule has 0 atom stereocenters. The first-order chi connectivity index (χ1) is 10.7. The Morgan fingerprint density at radius 2 is 1.00 bits per heavy atom. The number of carbonyl (C=O) groups is 1. The van der Waals surface area contributed by atoms with Gasteiger partial charge in [0.05, 0.1) is 0 Å². The molecule has 0 amide bonds. The molecule has 0 fully saturated rings. The highest BCUT2D eigenvalue weighted by Crippen LogP contribution is 2.67. The van der Waals surface area contributed by atoms with E-state index in [0.29, 0.717) is 0 Å². The van der Waals surface area contributed by atoms with Crippen LogP contribution in [0.1, 0.15) is 19.3 Å². The zero-order valence-electron chi connectivity index (χ0n) is 11.4. The lowest BCUT2D eigenvalue weighted by atomic mass is 9.72. The highest BCUT2D eigenvalue weighted by molar-refractivity contribution is 5.66. The van der Waals surface area contributed by atoms with Crippen LogP contribution in [-0.2, 0) is 4.79 Å². The van der Waals surface area contributed by atoms with E-state index in [1.165, 1.54) is 0 Å². The minimum Gasteiger partial charge on any atom is -0.481 e. The third-order valence-electron chi connectivity index (χ3n) is 3.20. The number of alkyl halides is 13. The molecule has 25 heavy (non-hydrogen) atoms. The second-order valence-electron chi connectivity index (χ2n) is 4.79. The lowest BCUT2D eigenvalue weighted by molar-refractivity contribution is -0.461. The summed E-state index contributed by atoms with van der Waals surface area (Å²) in [6.07, 6.45) is -28.6. The predicted octanol–water partition coefficient (Wildman–Crippen LogP) is 5.19. The van der Waals surface area contributed by atoms with Gasteiger partial charge in [0.1, 0.15) is 0 Å². The number of hydrogen-bond donors (Lipinski definition) is 1. The zero-order chi connectivity index (χ0) is 20.7. The summed E-state index contributed by atoms with van der Waals surface area (Å²) in [6.45, 7) is 0. The summed E-state index contributed by atoms with van der Waals surface area (Å²) in [6, 6.07) is 0. The van der Waals surface area contributed by atoms with E-state index >= 15 is 0 Å². The van der Waals surface area contributed by atoms with Gasteiger partial charge in [-0.1, -0.05) is 0 Å². The lowest BCUT2D eigenvalue weighted by Crippen LogP contribution is -2.70. The van der Waals surface area contributed by atoms with Crippen molar-refractivity contribution in [1.29, 1.82) is 0 Å². The molecule has 0 rings (SSSR count). The van der Waals surface area contributed by atoms with Crippen LogP contribution in [0.4, 0.5) is 57.1 Å². The van der Waals surface area contributed by atoms with Crippen LogP contribution in [0.15, 0.2) is 0 Å². The normalized spacial score (nSPS) is 15.4. The van der Waals surface area contributed by atoms with Crippen LogP contribution in [0.3, 0.4) is 0 Å². The Balaban J connectivity index is 6.60. The quantitative estimate of drug-likeness (QED) is 0.617. The molecule has 0 aromatic rings. The fourth-order valence-electron chi connectivity index (χ4n) is 1.91. The molecular weight excluding hydrogens is 399 g/mol. The van der Waals surface area contributed by atoms with Gasteiger partial charge >= 0.3 is 36.3 Å². The van der Waals surface area contributed by atoms with E-state index in [9.17, 15) is 61.9 Å². The second kappa shape index (κ2) is 6.37. The maximum atomic E-state index is 13.5. The molecule has 0 unspecified atom stereocenters. The molecule has 15 heteroatoms. The molecule has 0 saturated heterocycles. The van der Waals surface area contributed by atoms with E-state index < -0.39 is 61.0 Å². The summed E-state index contributed by atoms with van der Waals surface area (Å²) < 4.78 is 165. The van der Waals surface area contributed by atoms with Gasteiger partial charge in [0, 0.05) is 6.42 Å². The number of halogens is 13. The van der Waals surface area contributed by atoms with Gasteiger partial charge in [-0.3, -0.25) is 4.79 Å². The van der Waals surface area contributed by atoms with Crippen molar-refractivity contribution < 1.29 is 67.0 Å². The Morgan fingerprint density at radius 3 is 1.24 bits per heavy atom. The highest BCUT2D eigenvalue weighted by Gasteiger charge is 2.91. The molecule has 1 N–H and O–H groups in total. The number of carboxylic acid groups (broad SMARTS) is 1. The van der Waals surface area contributed by atoms with E-state index in [1.807, 2.05) is 0 Å². The Kier molecular flexibility index (Phi) is 6.01. The summed E-state index contributed by atoms with van der Waals surface area (Å²) in [4.78, 5) is 10.1. The minimum absolute atomic E-state index is 1.61. The number of carboxylic acids is 1. The summed E-state index contributed by atoms with van der Waals surface area (Å²) >= 11 is 0. The van der Waals surface area contributed by atoms with Crippen LogP contribution in [0.25, 0.3) is 0 Å². The van der Waals surface area contributed by atoms with Gasteiger partial charge < -0.3 is 5.11 Å². The molecule has 0 bridgehead atoms. The van der Waals surface area contributed by atoms with Crippen molar-refractivity contribution in [2.45, 2.75) is 49.6 Å². The van der Waals surface area contributed by atoms with Crippen molar-refractivity contribution in [2.75, 3.05) is 0 Å². The van der Waals surface area contributed by atoms with E-state index in [2.05, 4.69) is 0 Å². The first-order valence-corrected chi connectivity index (χ1v) is 5.84. The summed E-state index contributed by atoms with van der Waals surface area (Å²) in [5.74, 6) is -17.5. The van der Waals surface area contributed by atoms with Crippen LogP contribution in [0.2, 0.25) is 0 Å². The Bertz CT molecular complexity index is 471. The van der Waals surface area contributed by atoms with E-state index in [-0.39, 0.29) is 0 Å². The maximum Gasteiger partial charge on any atom is 0.459 e. The highest BCUT2D eigenvalue weighted by atomic mass is 19.4. The summed E-state index contributed by atoms with van der Waals surface area (Å²) in [7, 11) is 0. The number of hydrogen-bond acceptors (Lipinski definition) is 1. The minimum atomic E-state index is -7.70. The van der Waals surface area contributed by atoms with Gasteiger partial charge in [0.2, 0.25) is 5.41 Å². The van der Waals surface area contributed by atoms with Crippen molar-refractivity contribution in [3.63, 3.8) is 0 Å². The second-order valence-corrected chi connectivity index (χ2v) is 4.79. The van der Waals surface area contributed by atoms with Crippen LogP contribution in [0.5, 0.6) is 0 Å². The Labute approximate surface area is 129 Å². The van der Waals surface area contributed by atoms with Gasteiger partial charge in [-0.2, -0.15) is 57.1 Å². The maximum absolute atomic E-state index is 13.5. The fourth-order valence-corrected chi connectivity index (χ4v) is 1.91. The molecule has 150 valence electrons. The van der Waals surface area contributed by atoms with Gasteiger partial charge in [-0.25, -0.2) is 0 Å². The first-order valence-electron chi connectivity index (χ1n) is 5.84. The van der Waals surface area contributed by atoms with Crippen molar-refractivity contribution in [3.05, 3.63) is 0 Å². The largest absolute Gasteiger partial charge is 0.481 e. The van der Waals surface area contributed by atoms with Crippen LogP contribution in [-0.4, -0.2) is 41.4 Å². The van der Waals surface area contributed by atoms with Crippen LogP contribution < -0.4 is 0 Å². The van der Waals surface area contributed by atoms with Crippen molar-refractivity contribution in [1.82, 2.24) is 0 Å². The van der Waals surface area contributed by atoms with Crippen molar-refractivity contribution in [3.8, 4) is 0 Å². The van der Waals surface area contributed by atoms with E-state index in [0.717, 1.165) is 0 Å². The zero-order valence-corrected chi connectivity index (χ0v) is 11.4. The van der Waals surface area contributed by atoms with Crippen LogP contribution in [0, 0.1) is 5.41 Å². The lowest BCUT2D eigenvalue weighted by Gasteiger charge is -2.45. The average molecular weight is 406 g/mol. The smallest absolute Gasteiger partial charge is 0.459 e. The van der Waals surface area contributed by atoms with Gasteiger partial charge in [-0.15, -0.1) is 0 Å². The summed E-state index contributed by atoms with van der Waals surface area (Å²) in [5.41, 5.74) is -6.82. The van der Waals surface area contributed by atoms with Crippen LogP contribution >= 0.6 is 0 Å². The van der Waals surface area contributed by atoms with E-state index in [1.54, 1.807) is 0 Å². The van der Waals surface area contributed by atoms with Gasteiger partial charge in [0.25, 0.3) is 0 Å². The molecule has 0 spiro atoms. The SMILES string of the molecule is O=C(O)CCCC(C(F)(F)F)(C(F)(F)F)C(F)(F)C(F)(F)C(F)(F)F. The molecule has 2 nitrogen and oxygen atoms in total. The molecule has 0 saturated carbocycles. The fraction of sp³-hybridized carbons (Fsp3) is 0.900. The molecule has 0 aliphatic rings. The van der Waals surface area contributed by atoms with E-state index in [4.69, 9.17) is 5.11 Å². The van der Waals surface area contributed by atoms with Crippen molar-refractivity contribution in [2.24, 2.45) is 5.41 Å². The monoisotopic (exact) mass is 406 g/mol. The third kappa shape index (κ3) is 3.73. The molecular formula is C10H7F13O2. The average Bonchev–Trinajstić information content (AvgIpc) is 2.28. The Hall–Kier alpha value is -1.44. The predicted molar refractivity (Wildman–Crippen MR) is 52.0 cm³/mol. The molecule has 0 aliphatic carbocycles. The molecule has 0 heterocycles. The first kappa shape index (κ1) is 23.6. The number of rotatable bonds is 6. The van der Waals surface area contributed by atoms with Gasteiger partial charge in [0.15, 0.2) is 0 Å². The van der Waals surface area contributed by atoms with Crippen molar-refractivity contribution >= 4 is 5.97 Å². The standard InChI is InChI=1S/C10H7F13O2/c11-6(12,7(13,14)10(21,22)23)5(8(15,16)17,9(18,19)20)3-1-2-4(24)25/h1-3H2,(H,24,25). The molecule has 0 radical (unpaired) electrons.